The maximum Gasteiger partial charge on any atom is 0.246 e. The van der Waals surface area contributed by atoms with Crippen molar-refractivity contribution in [3.8, 4) is 0 Å². The Kier molecular flexibility index (Phi) is 4.65. The van der Waals surface area contributed by atoms with E-state index >= 15 is 0 Å². The van der Waals surface area contributed by atoms with Gasteiger partial charge in [-0.05, 0) is 19.4 Å². The average Bonchev–Trinajstić information content (AvgIpc) is 2.25. The van der Waals surface area contributed by atoms with E-state index < -0.39 is 0 Å². The zero-order chi connectivity index (χ0) is 11.3. The molecule has 0 bridgehead atoms. The molecule has 0 radical (unpaired) electrons. The number of carbonyl (C=O) groups is 1. The lowest BCUT2D eigenvalue weighted by Gasteiger charge is -2.09. The fourth-order valence-corrected chi connectivity index (χ4v) is 2.06. The lowest BCUT2D eigenvalue weighted by Crippen LogP contribution is -2.36. The number of aryl methyl sites for hydroxylation is 1. The number of benzene rings is 1. The topological polar surface area (TPSA) is 55.1 Å². The van der Waals surface area contributed by atoms with Gasteiger partial charge in [0.05, 0.1) is 5.25 Å². The number of hydrazine groups is 1. The first-order chi connectivity index (χ1) is 7.13. The molecule has 1 unspecified atom stereocenters. The van der Waals surface area contributed by atoms with Gasteiger partial charge in [0.2, 0.25) is 5.91 Å². The molecule has 1 rings (SSSR count). The molecule has 1 atom stereocenters. The van der Waals surface area contributed by atoms with Crippen LogP contribution < -0.4 is 11.3 Å². The van der Waals surface area contributed by atoms with Crippen molar-refractivity contribution in [3.63, 3.8) is 0 Å². The summed E-state index contributed by atoms with van der Waals surface area (Å²) in [6, 6.07) is 8.27. The van der Waals surface area contributed by atoms with E-state index in [1.165, 1.54) is 11.1 Å². The maximum absolute atomic E-state index is 11.1. The van der Waals surface area contributed by atoms with Gasteiger partial charge in [0, 0.05) is 5.75 Å². The number of hydrogen-bond acceptors (Lipinski definition) is 3. The van der Waals surface area contributed by atoms with Gasteiger partial charge in [0.15, 0.2) is 0 Å². The van der Waals surface area contributed by atoms with Gasteiger partial charge in [0.25, 0.3) is 0 Å². The second-order valence-electron chi connectivity index (χ2n) is 3.45. The number of amides is 1. The lowest BCUT2D eigenvalue weighted by molar-refractivity contribution is -0.120. The normalized spacial score (nSPS) is 12.2. The van der Waals surface area contributed by atoms with Gasteiger partial charge in [-0.15, -0.1) is 11.8 Å². The minimum Gasteiger partial charge on any atom is -0.293 e. The number of nitrogens with one attached hydrogen (secondary N) is 1. The first kappa shape index (κ1) is 12.1. The van der Waals surface area contributed by atoms with Crippen molar-refractivity contribution in [1.82, 2.24) is 5.43 Å². The zero-order valence-electron chi connectivity index (χ0n) is 8.99. The molecule has 15 heavy (non-hydrogen) atoms. The average molecular weight is 224 g/mol. The molecule has 0 saturated carbocycles. The standard InChI is InChI=1S/C11H16N2OS/c1-8-4-3-5-10(6-8)7-15-9(2)11(14)13-12/h3-6,9H,7,12H2,1-2H3,(H,13,14). The largest absolute Gasteiger partial charge is 0.293 e. The van der Waals surface area contributed by atoms with Crippen molar-refractivity contribution >= 4 is 17.7 Å². The van der Waals surface area contributed by atoms with E-state index in [1.807, 2.05) is 13.0 Å². The second-order valence-corrected chi connectivity index (χ2v) is 4.78. The van der Waals surface area contributed by atoms with Crippen LogP contribution in [0.3, 0.4) is 0 Å². The summed E-state index contributed by atoms with van der Waals surface area (Å²) in [6.07, 6.45) is 0. The summed E-state index contributed by atoms with van der Waals surface area (Å²) in [5.74, 6) is 5.75. The van der Waals surface area contributed by atoms with Gasteiger partial charge in [0.1, 0.15) is 0 Å². The van der Waals surface area contributed by atoms with Crippen LogP contribution in [0.1, 0.15) is 18.1 Å². The summed E-state index contributed by atoms with van der Waals surface area (Å²) in [5.41, 5.74) is 4.63. The van der Waals surface area contributed by atoms with Gasteiger partial charge in [-0.2, -0.15) is 0 Å². The monoisotopic (exact) mass is 224 g/mol. The van der Waals surface area contributed by atoms with Crippen LogP contribution in [0.4, 0.5) is 0 Å². The number of rotatable bonds is 4. The fourth-order valence-electron chi connectivity index (χ4n) is 1.22. The first-order valence-electron chi connectivity index (χ1n) is 4.81. The Hall–Kier alpha value is -1.00. The van der Waals surface area contributed by atoms with Crippen LogP contribution in [0.5, 0.6) is 0 Å². The van der Waals surface area contributed by atoms with Crippen LogP contribution in [0.2, 0.25) is 0 Å². The third-order valence-corrected chi connectivity index (χ3v) is 3.31. The Bertz CT molecular complexity index is 341. The van der Waals surface area contributed by atoms with Crippen LogP contribution in [0.15, 0.2) is 24.3 Å². The van der Waals surface area contributed by atoms with Gasteiger partial charge in [-0.3, -0.25) is 10.2 Å². The summed E-state index contributed by atoms with van der Waals surface area (Å²) in [5, 5.41) is -0.115. The smallest absolute Gasteiger partial charge is 0.246 e. The quantitative estimate of drug-likeness (QED) is 0.464. The molecule has 3 nitrogen and oxygen atoms in total. The van der Waals surface area contributed by atoms with E-state index in [4.69, 9.17) is 5.84 Å². The molecule has 82 valence electrons. The van der Waals surface area contributed by atoms with Gasteiger partial charge < -0.3 is 0 Å². The molecule has 1 aromatic rings. The molecule has 1 amide bonds. The molecule has 0 aliphatic carbocycles. The molecule has 3 N–H and O–H groups in total. The summed E-state index contributed by atoms with van der Waals surface area (Å²) in [6.45, 7) is 3.91. The Labute approximate surface area is 94.4 Å². The van der Waals surface area contributed by atoms with E-state index in [-0.39, 0.29) is 11.2 Å². The number of nitrogens with two attached hydrogens (primary N) is 1. The summed E-state index contributed by atoms with van der Waals surface area (Å²) >= 11 is 1.58. The van der Waals surface area contributed by atoms with E-state index in [0.717, 1.165) is 5.75 Å². The van der Waals surface area contributed by atoms with Crippen LogP contribution >= 0.6 is 11.8 Å². The summed E-state index contributed by atoms with van der Waals surface area (Å²) in [7, 11) is 0. The van der Waals surface area contributed by atoms with Crippen LogP contribution in [0, 0.1) is 6.92 Å². The molecule has 0 spiro atoms. The minimum absolute atomic E-state index is 0.115. The zero-order valence-corrected chi connectivity index (χ0v) is 9.80. The van der Waals surface area contributed by atoms with Crippen LogP contribution in [-0.4, -0.2) is 11.2 Å². The Morgan fingerprint density at radius 2 is 2.33 bits per heavy atom. The van der Waals surface area contributed by atoms with E-state index in [0.29, 0.717) is 0 Å². The van der Waals surface area contributed by atoms with Crippen molar-refractivity contribution in [2.75, 3.05) is 0 Å². The van der Waals surface area contributed by atoms with Gasteiger partial charge >= 0.3 is 0 Å². The number of hydrogen-bond donors (Lipinski definition) is 2. The van der Waals surface area contributed by atoms with Crippen molar-refractivity contribution < 1.29 is 4.79 Å². The maximum atomic E-state index is 11.1. The van der Waals surface area contributed by atoms with E-state index in [2.05, 4.69) is 30.5 Å². The highest BCUT2D eigenvalue weighted by molar-refractivity contribution is 7.99. The molecule has 0 aliphatic heterocycles. The Morgan fingerprint density at radius 1 is 1.60 bits per heavy atom. The van der Waals surface area contributed by atoms with Crippen molar-refractivity contribution in [3.05, 3.63) is 35.4 Å². The molecule has 0 heterocycles. The Balaban J connectivity index is 2.47. The highest BCUT2D eigenvalue weighted by atomic mass is 32.2. The Morgan fingerprint density at radius 3 is 2.93 bits per heavy atom. The molecule has 0 fully saturated rings. The lowest BCUT2D eigenvalue weighted by atomic mass is 10.2. The summed E-state index contributed by atoms with van der Waals surface area (Å²) < 4.78 is 0. The minimum atomic E-state index is -0.132. The molecular weight excluding hydrogens is 208 g/mol. The van der Waals surface area contributed by atoms with Gasteiger partial charge in [-0.25, -0.2) is 5.84 Å². The predicted octanol–water partition coefficient (Wildman–Crippen LogP) is 1.61. The van der Waals surface area contributed by atoms with Crippen LogP contribution in [0.25, 0.3) is 0 Å². The van der Waals surface area contributed by atoms with Gasteiger partial charge in [-0.1, -0.05) is 29.8 Å². The predicted molar refractivity (Wildman–Crippen MR) is 64.3 cm³/mol. The molecule has 0 aromatic heterocycles. The van der Waals surface area contributed by atoms with Crippen molar-refractivity contribution in [2.45, 2.75) is 24.9 Å². The molecule has 1 aromatic carbocycles. The fraction of sp³-hybridized carbons (Fsp3) is 0.364. The molecule has 0 saturated heterocycles. The number of carbonyl (C=O) groups excluding carboxylic acids is 1. The van der Waals surface area contributed by atoms with Crippen molar-refractivity contribution in [1.29, 1.82) is 0 Å². The molecule has 0 aliphatic rings. The summed E-state index contributed by atoms with van der Waals surface area (Å²) in [4.78, 5) is 11.1. The second kappa shape index (κ2) is 5.78. The van der Waals surface area contributed by atoms with Crippen molar-refractivity contribution in [2.24, 2.45) is 5.84 Å². The molecular formula is C11H16N2OS. The van der Waals surface area contributed by atoms with E-state index in [1.54, 1.807) is 11.8 Å². The third-order valence-electron chi connectivity index (χ3n) is 2.09. The number of thioether (sulfide) groups is 1. The third kappa shape index (κ3) is 3.93. The first-order valence-corrected chi connectivity index (χ1v) is 5.86. The molecule has 4 heteroatoms. The van der Waals surface area contributed by atoms with E-state index in [9.17, 15) is 4.79 Å². The SMILES string of the molecule is Cc1cccc(CSC(C)C(=O)NN)c1. The highest BCUT2D eigenvalue weighted by Gasteiger charge is 2.11. The van der Waals surface area contributed by atoms with Crippen LogP contribution in [-0.2, 0) is 10.5 Å². The highest BCUT2D eigenvalue weighted by Crippen LogP contribution is 2.18.